The first-order chi connectivity index (χ1) is 15.3. The van der Waals surface area contributed by atoms with E-state index in [9.17, 15) is 14.4 Å². The molecular weight excluding hydrogens is 412 g/mol. The molecule has 0 fully saturated rings. The maximum absolute atomic E-state index is 13.2. The molecule has 166 valence electrons. The molecule has 11 nitrogen and oxygen atoms in total. The molecule has 0 radical (unpaired) electrons. The van der Waals surface area contributed by atoms with E-state index in [0.29, 0.717) is 5.56 Å². The summed E-state index contributed by atoms with van der Waals surface area (Å²) >= 11 is 0. The number of benzene rings is 2. The fourth-order valence-electron chi connectivity index (χ4n) is 3.02. The van der Waals surface area contributed by atoms with Crippen LogP contribution in [0.15, 0.2) is 69.2 Å². The minimum absolute atomic E-state index is 0.0648. The fourth-order valence-corrected chi connectivity index (χ4v) is 3.02. The Hall–Kier alpha value is -4.41. The average molecular weight is 436 g/mol. The second-order valence-corrected chi connectivity index (χ2v) is 6.95. The Morgan fingerprint density at radius 3 is 2.16 bits per heavy atom. The Labute approximate surface area is 183 Å². The molecule has 0 saturated carbocycles. The number of carbonyl (C=O) groups excluding carboxylic acids is 1. The molecule has 1 aromatic heterocycles. The van der Waals surface area contributed by atoms with Crippen LogP contribution in [0.4, 0.5) is 5.95 Å². The molecule has 0 spiro atoms. The first kappa shape index (κ1) is 22.3. The zero-order chi connectivity index (χ0) is 23.1. The molecule has 1 heterocycles. The number of amides is 1. The predicted octanol–water partition coefficient (Wildman–Crippen LogP) is -0.714. The van der Waals surface area contributed by atoms with Gasteiger partial charge >= 0.3 is 11.4 Å². The summed E-state index contributed by atoms with van der Waals surface area (Å²) in [6, 6.07) is 15.6. The van der Waals surface area contributed by atoms with Gasteiger partial charge in [-0.15, -0.1) is 0 Å². The van der Waals surface area contributed by atoms with E-state index in [4.69, 9.17) is 17.2 Å². The predicted molar refractivity (Wildman–Crippen MR) is 122 cm³/mol. The Bertz CT molecular complexity index is 1230. The van der Waals surface area contributed by atoms with Gasteiger partial charge in [0.2, 0.25) is 11.9 Å². The Kier molecular flexibility index (Phi) is 7.01. The maximum Gasteiger partial charge on any atom is 0.355 e. The summed E-state index contributed by atoms with van der Waals surface area (Å²) in [6.07, 6.45) is 0. The van der Waals surface area contributed by atoms with E-state index in [2.05, 4.69) is 15.3 Å². The summed E-state index contributed by atoms with van der Waals surface area (Å²) in [5.41, 5.74) is 16.6. The number of guanidine groups is 1. The molecule has 0 saturated heterocycles. The molecule has 32 heavy (non-hydrogen) atoms. The molecule has 11 heteroatoms. The number of anilines is 1. The summed E-state index contributed by atoms with van der Waals surface area (Å²) < 4.78 is 2.41. The van der Waals surface area contributed by atoms with E-state index in [1.165, 1.54) is 4.57 Å². The van der Waals surface area contributed by atoms with Gasteiger partial charge in [0.25, 0.3) is 0 Å². The molecule has 3 rings (SSSR count). The van der Waals surface area contributed by atoms with Gasteiger partial charge in [-0.3, -0.25) is 14.4 Å². The van der Waals surface area contributed by atoms with Crippen molar-refractivity contribution in [3.8, 4) is 0 Å². The van der Waals surface area contributed by atoms with Gasteiger partial charge in [-0.2, -0.15) is 4.98 Å². The first-order valence-electron chi connectivity index (χ1n) is 9.79. The number of nitrogens with two attached hydrogens (primary N) is 3. The summed E-state index contributed by atoms with van der Waals surface area (Å²) in [4.78, 5) is 45.1. The van der Waals surface area contributed by atoms with Gasteiger partial charge in [0, 0.05) is 12.1 Å². The lowest BCUT2D eigenvalue weighted by Crippen LogP contribution is -2.43. The van der Waals surface area contributed by atoms with Crippen molar-refractivity contribution in [1.29, 1.82) is 0 Å². The molecule has 0 aliphatic heterocycles. The monoisotopic (exact) mass is 436 g/mol. The molecule has 1 amide bonds. The molecule has 2 aromatic carbocycles. The number of aromatic nitrogens is 3. The van der Waals surface area contributed by atoms with E-state index in [-0.39, 0.29) is 38.1 Å². The fraction of sp³-hybridized carbons (Fsp3) is 0.190. The number of rotatable bonds is 9. The van der Waals surface area contributed by atoms with Crippen LogP contribution >= 0.6 is 0 Å². The smallest absolute Gasteiger partial charge is 0.355 e. The Morgan fingerprint density at radius 1 is 0.906 bits per heavy atom. The number of aliphatic imine (C=N–C) groups is 1. The van der Waals surface area contributed by atoms with Crippen LogP contribution in [-0.2, 0) is 13.1 Å². The van der Waals surface area contributed by atoms with Crippen LogP contribution < -0.4 is 33.9 Å². The van der Waals surface area contributed by atoms with E-state index < -0.39 is 17.3 Å². The Morgan fingerprint density at radius 2 is 1.53 bits per heavy atom. The van der Waals surface area contributed by atoms with E-state index in [0.717, 1.165) is 15.7 Å². The number of hydrogen-bond donors (Lipinski definition) is 4. The van der Waals surface area contributed by atoms with Gasteiger partial charge < -0.3 is 22.5 Å². The summed E-state index contributed by atoms with van der Waals surface area (Å²) in [5, 5.41) is 2.94. The summed E-state index contributed by atoms with van der Waals surface area (Å²) in [6.45, 7) is 0.691. The van der Waals surface area contributed by atoms with Crippen molar-refractivity contribution in [2.75, 3.05) is 18.4 Å². The van der Waals surface area contributed by atoms with Crippen LogP contribution in [0.3, 0.4) is 0 Å². The van der Waals surface area contributed by atoms with E-state index in [1.807, 2.05) is 30.3 Å². The van der Waals surface area contributed by atoms with Crippen LogP contribution in [0.5, 0.6) is 0 Å². The molecule has 0 bridgehead atoms. The normalized spacial score (nSPS) is 10.5. The van der Waals surface area contributed by atoms with Gasteiger partial charge in [0.15, 0.2) is 5.96 Å². The van der Waals surface area contributed by atoms with Crippen molar-refractivity contribution >= 4 is 17.8 Å². The van der Waals surface area contributed by atoms with Gasteiger partial charge in [0.05, 0.1) is 19.6 Å². The van der Waals surface area contributed by atoms with Crippen LogP contribution in [0.2, 0.25) is 0 Å². The lowest BCUT2D eigenvalue weighted by molar-refractivity contribution is 0.100. The number of primary amides is 1. The largest absolute Gasteiger partial charge is 0.370 e. The third-order valence-corrected chi connectivity index (χ3v) is 4.60. The number of nitrogens with one attached hydrogen (secondary N) is 1. The molecule has 0 unspecified atom stereocenters. The molecule has 7 N–H and O–H groups in total. The number of nitrogens with zero attached hydrogens (tertiary/aromatic N) is 4. The molecule has 0 aliphatic carbocycles. The van der Waals surface area contributed by atoms with Crippen molar-refractivity contribution in [3.63, 3.8) is 0 Å². The van der Waals surface area contributed by atoms with Gasteiger partial charge in [0.1, 0.15) is 0 Å². The van der Waals surface area contributed by atoms with Gasteiger partial charge in [-0.05, 0) is 23.3 Å². The van der Waals surface area contributed by atoms with Crippen LogP contribution in [0.25, 0.3) is 0 Å². The molecular formula is C21H24N8O3. The Balaban J connectivity index is 1.98. The van der Waals surface area contributed by atoms with Crippen molar-refractivity contribution in [2.24, 2.45) is 22.2 Å². The maximum atomic E-state index is 13.2. The second-order valence-electron chi connectivity index (χ2n) is 6.95. The van der Waals surface area contributed by atoms with Crippen molar-refractivity contribution in [2.45, 2.75) is 13.1 Å². The van der Waals surface area contributed by atoms with Crippen molar-refractivity contribution in [1.82, 2.24) is 14.1 Å². The van der Waals surface area contributed by atoms with Crippen molar-refractivity contribution < 1.29 is 4.79 Å². The lowest BCUT2D eigenvalue weighted by atomic mass is 10.1. The third kappa shape index (κ3) is 5.59. The number of carbonyl (C=O) groups is 1. The van der Waals surface area contributed by atoms with Crippen molar-refractivity contribution in [3.05, 3.63) is 92.3 Å². The zero-order valence-electron chi connectivity index (χ0n) is 17.3. The molecule has 0 atom stereocenters. The highest BCUT2D eigenvalue weighted by Crippen LogP contribution is 2.08. The SMILES string of the molecule is NC(=O)c1ccc(Cn2c(NCCN=C(N)N)nc(=O)n(Cc3ccccc3)c2=O)cc1. The van der Waals surface area contributed by atoms with Crippen LogP contribution in [-0.4, -0.2) is 39.1 Å². The number of hydrogen-bond acceptors (Lipinski definition) is 6. The first-order valence-corrected chi connectivity index (χ1v) is 9.79. The minimum atomic E-state index is -0.677. The highest BCUT2D eigenvalue weighted by molar-refractivity contribution is 5.92. The van der Waals surface area contributed by atoms with Crippen LogP contribution in [0.1, 0.15) is 21.5 Å². The zero-order valence-corrected chi connectivity index (χ0v) is 17.3. The van der Waals surface area contributed by atoms with Gasteiger partial charge in [-0.1, -0.05) is 42.5 Å². The third-order valence-electron chi connectivity index (χ3n) is 4.60. The summed E-state index contributed by atoms with van der Waals surface area (Å²) in [5.74, 6) is -0.520. The summed E-state index contributed by atoms with van der Waals surface area (Å²) in [7, 11) is 0. The molecule has 3 aromatic rings. The standard InChI is InChI=1S/C21H24N8O3/c22-17(30)16-8-6-15(7-9-16)12-28-19(26-11-10-25-18(23)24)27-20(31)29(21(28)32)13-14-4-2-1-3-5-14/h1-9H,10-13H2,(H2,22,30)(H4,23,24,25)(H,26,27,31). The van der Waals surface area contributed by atoms with Gasteiger partial charge in [-0.25, -0.2) is 14.2 Å². The van der Waals surface area contributed by atoms with E-state index >= 15 is 0 Å². The lowest BCUT2D eigenvalue weighted by Gasteiger charge is -2.15. The highest BCUT2D eigenvalue weighted by atomic mass is 16.2. The van der Waals surface area contributed by atoms with E-state index in [1.54, 1.807) is 24.3 Å². The topological polar surface area (TPSA) is 176 Å². The van der Waals surface area contributed by atoms with Crippen LogP contribution in [0, 0.1) is 0 Å². The molecule has 0 aliphatic rings. The highest BCUT2D eigenvalue weighted by Gasteiger charge is 2.14. The quantitative estimate of drug-likeness (QED) is 0.194. The average Bonchev–Trinajstić information content (AvgIpc) is 2.77. The second kappa shape index (κ2) is 10.1. The minimum Gasteiger partial charge on any atom is -0.370 e.